The molecule has 4 nitrogen and oxygen atoms in total. The number of phenolic OH excluding ortho intramolecular Hbond substituents is 1. The predicted molar refractivity (Wildman–Crippen MR) is 87.2 cm³/mol. The standard InChI is InChI=1S/C17H15NO2.CH4O/c19-14-7-8-15-13(10-14)11-16(18-15)17(20)9-6-12-4-2-1-3-5-12;1-2/h1-5,7-8,10-11,18-19H,6,9H2;2H,1H3. The molecular formula is C18H19NO3. The summed E-state index contributed by atoms with van der Waals surface area (Å²) >= 11 is 0. The van der Waals surface area contributed by atoms with Crippen molar-refractivity contribution in [1.82, 2.24) is 4.98 Å². The highest BCUT2D eigenvalue weighted by molar-refractivity contribution is 5.99. The molecule has 0 fully saturated rings. The molecule has 3 rings (SSSR count). The molecule has 0 saturated heterocycles. The number of aromatic amines is 1. The predicted octanol–water partition coefficient (Wildman–Crippen LogP) is 3.30. The van der Waals surface area contributed by atoms with Crippen LogP contribution in [0.15, 0.2) is 54.6 Å². The van der Waals surface area contributed by atoms with E-state index in [0.717, 1.165) is 30.0 Å². The van der Waals surface area contributed by atoms with Gasteiger partial charge in [0.05, 0.1) is 5.69 Å². The van der Waals surface area contributed by atoms with Crippen molar-refractivity contribution in [2.45, 2.75) is 12.8 Å². The fraction of sp³-hybridized carbons (Fsp3) is 0.167. The molecule has 1 heterocycles. The zero-order valence-electron chi connectivity index (χ0n) is 12.4. The molecule has 0 unspecified atom stereocenters. The lowest BCUT2D eigenvalue weighted by molar-refractivity contribution is 0.0979. The number of rotatable bonds is 4. The molecule has 0 bridgehead atoms. The first-order chi connectivity index (χ1) is 10.7. The Labute approximate surface area is 129 Å². The van der Waals surface area contributed by atoms with Gasteiger partial charge in [-0.1, -0.05) is 30.3 Å². The van der Waals surface area contributed by atoms with Gasteiger partial charge in [0.15, 0.2) is 5.78 Å². The Morgan fingerprint density at radius 1 is 1.05 bits per heavy atom. The number of aromatic hydroxyl groups is 1. The molecule has 0 aliphatic rings. The number of aromatic nitrogens is 1. The Balaban J connectivity index is 0.000000847. The molecule has 3 aromatic rings. The van der Waals surface area contributed by atoms with Gasteiger partial charge >= 0.3 is 0 Å². The first-order valence-corrected chi connectivity index (χ1v) is 7.06. The summed E-state index contributed by atoms with van der Waals surface area (Å²) in [4.78, 5) is 15.3. The number of hydrogen-bond acceptors (Lipinski definition) is 3. The molecule has 0 saturated carbocycles. The Hall–Kier alpha value is -2.59. The average Bonchev–Trinajstić information content (AvgIpc) is 2.98. The first kappa shape index (κ1) is 15.8. The summed E-state index contributed by atoms with van der Waals surface area (Å²) in [5.41, 5.74) is 2.63. The number of nitrogens with one attached hydrogen (secondary N) is 1. The molecule has 0 aliphatic carbocycles. The summed E-state index contributed by atoms with van der Waals surface area (Å²) in [6.07, 6.45) is 1.21. The van der Waals surface area contributed by atoms with E-state index in [1.54, 1.807) is 24.3 Å². The van der Waals surface area contributed by atoms with E-state index in [2.05, 4.69) is 4.98 Å². The van der Waals surface area contributed by atoms with Gasteiger partial charge in [-0.15, -0.1) is 0 Å². The van der Waals surface area contributed by atoms with Crippen LogP contribution >= 0.6 is 0 Å². The number of carbonyl (C=O) groups excluding carboxylic acids is 1. The zero-order chi connectivity index (χ0) is 15.9. The summed E-state index contributed by atoms with van der Waals surface area (Å²) in [5.74, 6) is 0.296. The number of Topliss-reactive ketones (excluding diaryl/α,β-unsaturated/α-hetero) is 1. The molecule has 0 radical (unpaired) electrons. The summed E-state index contributed by atoms with van der Waals surface area (Å²) in [5, 5.41) is 17.3. The van der Waals surface area contributed by atoms with E-state index >= 15 is 0 Å². The van der Waals surface area contributed by atoms with E-state index in [9.17, 15) is 9.90 Å². The minimum atomic E-state index is 0.0875. The van der Waals surface area contributed by atoms with Crippen molar-refractivity contribution < 1.29 is 15.0 Å². The molecular weight excluding hydrogens is 278 g/mol. The molecule has 114 valence electrons. The van der Waals surface area contributed by atoms with Crippen LogP contribution in [0.3, 0.4) is 0 Å². The Bertz CT molecular complexity index is 747. The van der Waals surface area contributed by atoms with Gasteiger partial charge in [0, 0.05) is 24.4 Å². The maximum atomic E-state index is 12.2. The average molecular weight is 297 g/mol. The number of phenols is 1. The Morgan fingerprint density at radius 2 is 1.77 bits per heavy atom. The van der Waals surface area contributed by atoms with Gasteiger partial charge in [-0.3, -0.25) is 4.79 Å². The molecule has 22 heavy (non-hydrogen) atoms. The topological polar surface area (TPSA) is 73.3 Å². The van der Waals surface area contributed by atoms with Crippen LogP contribution in [0.4, 0.5) is 0 Å². The van der Waals surface area contributed by atoms with Crippen molar-refractivity contribution in [3.8, 4) is 5.75 Å². The van der Waals surface area contributed by atoms with Gasteiger partial charge in [-0.05, 0) is 36.2 Å². The van der Waals surface area contributed by atoms with E-state index < -0.39 is 0 Å². The largest absolute Gasteiger partial charge is 0.508 e. The van der Waals surface area contributed by atoms with E-state index in [4.69, 9.17) is 5.11 Å². The highest BCUT2D eigenvalue weighted by atomic mass is 16.3. The Kier molecular flexibility index (Phi) is 5.33. The monoisotopic (exact) mass is 297 g/mol. The highest BCUT2D eigenvalue weighted by Crippen LogP contribution is 2.21. The second-order valence-corrected chi connectivity index (χ2v) is 4.86. The maximum absolute atomic E-state index is 12.2. The lowest BCUT2D eigenvalue weighted by Gasteiger charge is -1.99. The van der Waals surface area contributed by atoms with E-state index in [1.165, 1.54) is 0 Å². The summed E-state index contributed by atoms with van der Waals surface area (Å²) in [7, 11) is 1.00. The fourth-order valence-electron chi connectivity index (χ4n) is 2.31. The third kappa shape index (κ3) is 3.74. The molecule has 2 aromatic carbocycles. The van der Waals surface area contributed by atoms with Crippen LogP contribution in [0.25, 0.3) is 10.9 Å². The van der Waals surface area contributed by atoms with Gasteiger partial charge < -0.3 is 15.2 Å². The van der Waals surface area contributed by atoms with Crippen LogP contribution in [-0.2, 0) is 6.42 Å². The number of carbonyl (C=O) groups is 1. The lowest BCUT2D eigenvalue weighted by atomic mass is 10.1. The van der Waals surface area contributed by atoms with Crippen molar-refractivity contribution in [3.05, 3.63) is 65.9 Å². The van der Waals surface area contributed by atoms with Crippen molar-refractivity contribution >= 4 is 16.7 Å². The summed E-state index contributed by atoms with van der Waals surface area (Å²) in [6.45, 7) is 0. The van der Waals surface area contributed by atoms with Crippen LogP contribution in [0.2, 0.25) is 0 Å². The molecule has 3 N–H and O–H groups in total. The molecule has 0 aliphatic heterocycles. The van der Waals surface area contributed by atoms with Crippen molar-refractivity contribution in [2.24, 2.45) is 0 Å². The minimum absolute atomic E-state index is 0.0875. The lowest BCUT2D eigenvalue weighted by Crippen LogP contribution is -2.01. The smallest absolute Gasteiger partial charge is 0.179 e. The quantitative estimate of drug-likeness (QED) is 0.647. The molecule has 4 heteroatoms. The van der Waals surface area contributed by atoms with Crippen molar-refractivity contribution in [2.75, 3.05) is 7.11 Å². The minimum Gasteiger partial charge on any atom is -0.508 e. The maximum Gasteiger partial charge on any atom is 0.179 e. The third-order valence-corrected chi connectivity index (χ3v) is 3.39. The fourth-order valence-corrected chi connectivity index (χ4v) is 2.31. The molecule has 0 spiro atoms. The van der Waals surface area contributed by atoms with Gasteiger partial charge in [-0.2, -0.15) is 0 Å². The third-order valence-electron chi connectivity index (χ3n) is 3.39. The highest BCUT2D eigenvalue weighted by Gasteiger charge is 2.10. The van der Waals surface area contributed by atoms with Gasteiger partial charge in [0.1, 0.15) is 5.75 Å². The zero-order valence-corrected chi connectivity index (χ0v) is 12.4. The van der Waals surface area contributed by atoms with Crippen LogP contribution in [0, 0.1) is 0 Å². The second-order valence-electron chi connectivity index (χ2n) is 4.86. The number of hydrogen-bond donors (Lipinski definition) is 3. The normalized spacial score (nSPS) is 10.1. The summed E-state index contributed by atoms with van der Waals surface area (Å²) < 4.78 is 0. The van der Waals surface area contributed by atoms with Gasteiger partial charge in [-0.25, -0.2) is 0 Å². The second kappa shape index (κ2) is 7.43. The molecule has 0 amide bonds. The van der Waals surface area contributed by atoms with Crippen LogP contribution in [0.1, 0.15) is 22.5 Å². The SMILES string of the molecule is CO.O=C(CCc1ccccc1)c1cc2cc(O)ccc2[nH]1. The number of aliphatic hydroxyl groups excluding tert-OH is 1. The van der Waals surface area contributed by atoms with Crippen LogP contribution in [-0.4, -0.2) is 28.1 Å². The van der Waals surface area contributed by atoms with Crippen molar-refractivity contribution in [3.63, 3.8) is 0 Å². The number of benzene rings is 2. The van der Waals surface area contributed by atoms with Gasteiger partial charge in [0.25, 0.3) is 0 Å². The molecule has 0 atom stereocenters. The van der Waals surface area contributed by atoms with E-state index in [0.29, 0.717) is 12.1 Å². The van der Waals surface area contributed by atoms with E-state index in [-0.39, 0.29) is 11.5 Å². The number of aliphatic hydroxyl groups is 1. The van der Waals surface area contributed by atoms with Crippen LogP contribution < -0.4 is 0 Å². The van der Waals surface area contributed by atoms with Crippen LogP contribution in [0.5, 0.6) is 5.75 Å². The first-order valence-electron chi connectivity index (χ1n) is 7.06. The summed E-state index contributed by atoms with van der Waals surface area (Å²) in [6, 6.07) is 16.8. The van der Waals surface area contributed by atoms with E-state index in [1.807, 2.05) is 30.3 Å². The number of fused-ring (bicyclic) bond motifs is 1. The number of aryl methyl sites for hydroxylation is 1. The van der Waals surface area contributed by atoms with Crippen molar-refractivity contribution in [1.29, 1.82) is 0 Å². The number of H-pyrrole nitrogens is 1. The van der Waals surface area contributed by atoms with Gasteiger partial charge in [0.2, 0.25) is 0 Å². The number of ketones is 1. The Morgan fingerprint density at radius 3 is 2.50 bits per heavy atom. The molecule has 1 aromatic heterocycles.